The number of nitrogens with two attached hydrogens (primary N) is 1. The summed E-state index contributed by atoms with van der Waals surface area (Å²) in [7, 11) is 0. The maximum absolute atomic E-state index is 11.1. The van der Waals surface area contributed by atoms with Crippen LogP contribution in [0.3, 0.4) is 0 Å². The van der Waals surface area contributed by atoms with Crippen molar-refractivity contribution >= 4 is 17.7 Å². The van der Waals surface area contributed by atoms with E-state index < -0.39 is 5.54 Å². The van der Waals surface area contributed by atoms with Crippen LogP contribution in [0.15, 0.2) is 38.0 Å². The van der Waals surface area contributed by atoms with Crippen LogP contribution in [0.4, 0.5) is 0 Å². The number of carbonyl (C=O) groups excluding carboxylic acids is 3. The SMILES string of the molecule is C=CC(=O)NCCCOCC(N)(COCCCNC(=O)C=C)COCCCNC(=O)C=C. The van der Waals surface area contributed by atoms with E-state index in [0.29, 0.717) is 58.7 Å². The molecule has 5 N–H and O–H groups in total. The molecular formula is C22H38N4O6. The molecule has 0 atom stereocenters. The molecule has 0 rings (SSSR count). The van der Waals surface area contributed by atoms with Crippen LogP contribution >= 0.6 is 0 Å². The van der Waals surface area contributed by atoms with Gasteiger partial charge in [0, 0.05) is 39.5 Å². The van der Waals surface area contributed by atoms with E-state index in [1.807, 2.05) is 0 Å². The first-order valence-corrected chi connectivity index (χ1v) is 10.6. The molecule has 32 heavy (non-hydrogen) atoms. The van der Waals surface area contributed by atoms with Crippen molar-refractivity contribution in [2.75, 3.05) is 59.3 Å². The highest BCUT2D eigenvalue weighted by atomic mass is 16.5. The Morgan fingerprint density at radius 2 is 0.938 bits per heavy atom. The van der Waals surface area contributed by atoms with Crippen LogP contribution in [0.1, 0.15) is 19.3 Å². The first-order chi connectivity index (χ1) is 15.4. The third-order valence-corrected chi connectivity index (χ3v) is 4.02. The van der Waals surface area contributed by atoms with Crippen molar-refractivity contribution in [1.29, 1.82) is 0 Å². The highest BCUT2D eigenvalue weighted by Crippen LogP contribution is 2.06. The first kappa shape index (κ1) is 29.5. The summed E-state index contributed by atoms with van der Waals surface area (Å²) in [6, 6.07) is 0. The molecule has 0 heterocycles. The van der Waals surface area contributed by atoms with E-state index in [1.165, 1.54) is 18.2 Å². The lowest BCUT2D eigenvalue weighted by Crippen LogP contribution is -2.53. The van der Waals surface area contributed by atoms with Gasteiger partial charge in [-0.3, -0.25) is 14.4 Å². The first-order valence-electron chi connectivity index (χ1n) is 10.6. The van der Waals surface area contributed by atoms with Crippen molar-refractivity contribution in [3.8, 4) is 0 Å². The summed E-state index contributed by atoms with van der Waals surface area (Å²) in [5, 5.41) is 8.02. The number of carbonyl (C=O) groups is 3. The van der Waals surface area contributed by atoms with E-state index in [1.54, 1.807) is 0 Å². The van der Waals surface area contributed by atoms with Crippen molar-refractivity contribution in [2.24, 2.45) is 5.73 Å². The topological polar surface area (TPSA) is 141 Å². The number of hydrogen-bond donors (Lipinski definition) is 4. The minimum Gasteiger partial charge on any atom is -0.379 e. The Balaban J connectivity index is 4.27. The second-order valence-electron chi connectivity index (χ2n) is 7.07. The Morgan fingerprint density at radius 1 is 0.656 bits per heavy atom. The van der Waals surface area contributed by atoms with Gasteiger partial charge in [0.2, 0.25) is 17.7 Å². The van der Waals surface area contributed by atoms with E-state index in [4.69, 9.17) is 19.9 Å². The van der Waals surface area contributed by atoms with Gasteiger partial charge in [-0.25, -0.2) is 0 Å². The van der Waals surface area contributed by atoms with Gasteiger partial charge in [-0.1, -0.05) is 19.7 Å². The monoisotopic (exact) mass is 454 g/mol. The van der Waals surface area contributed by atoms with E-state index >= 15 is 0 Å². The van der Waals surface area contributed by atoms with Crippen LogP contribution in [-0.2, 0) is 28.6 Å². The second-order valence-corrected chi connectivity index (χ2v) is 7.07. The molecule has 0 aliphatic heterocycles. The third-order valence-electron chi connectivity index (χ3n) is 4.02. The quantitative estimate of drug-likeness (QED) is 0.139. The summed E-state index contributed by atoms with van der Waals surface area (Å²) < 4.78 is 17.0. The molecule has 10 heteroatoms. The van der Waals surface area contributed by atoms with Gasteiger partial charge >= 0.3 is 0 Å². The number of amides is 3. The molecular weight excluding hydrogens is 416 g/mol. The Hall–Kier alpha value is -2.53. The van der Waals surface area contributed by atoms with Gasteiger partial charge in [-0.05, 0) is 37.5 Å². The van der Waals surface area contributed by atoms with Gasteiger partial charge < -0.3 is 35.9 Å². The van der Waals surface area contributed by atoms with Gasteiger partial charge in [0.1, 0.15) is 0 Å². The molecule has 0 unspecified atom stereocenters. The van der Waals surface area contributed by atoms with Crippen LogP contribution in [-0.4, -0.2) is 82.5 Å². The molecule has 0 aromatic carbocycles. The van der Waals surface area contributed by atoms with E-state index in [2.05, 4.69) is 35.7 Å². The number of nitrogens with one attached hydrogen (secondary N) is 3. The zero-order valence-electron chi connectivity index (χ0n) is 18.9. The summed E-state index contributed by atoms with van der Waals surface area (Å²) in [6.07, 6.45) is 5.53. The Morgan fingerprint density at radius 3 is 1.19 bits per heavy atom. The van der Waals surface area contributed by atoms with Crippen LogP contribution in [0.25, 0.3) is 0 Å². The van der Waals surface area contributed by atoms with Gasteiger partial charge in [-0.15, -0.1) is 0 Å². The normalized spacial score (nSPS) is 10.8. The van der Waals surface area contributed by atoms with E-state index in [9.17, 15) is 14.4 Å². The summed E-state index contributed by atoms with van der Waals surface area (Å²) >= 11 is 0. The fourth-order valence-corrected chi connectivity index (χ4v) is 2.33. The van der Waals surface area contributed by atoms with Crippen LogP contribution in [0, 0.1) is 0 Å². The molecule has 0 saturated heterocycles. The highest BCUT2D eigenvalue weighted by Gasteiger charge is 2.26. The summed E-state index contributed by atoms with van der Waals surface area (Å²) in [6.45, 7) is 13.5. The van der Waals surface area contributed by atoms with Gasteiger partial charge in [0.05, 0.1) is 25.4 Å². The zero-order chi connectivity index (χ0) is 24.1. The molecule has 0 fully saturated rings. The number of ether oxygens (including phenoxy) is 3. The maximum Gasteiger partial charge on any atom is 0.243 e. The number of hydrogen-bond acceptors (Lipinski definition) is 7. The minimum atomic E-state index is -0.862. The fraction of sp³-hybridized carbons (Fsp3) is 0.591. The van der Waals surface area contributed by atoms with Crippen molar-refractivity contribution in [2.45, 2.75) is 24.8 Å². The summed E-state index contributed by atoms with van der Waals surface area (Å²) in [5.74, 6) is -0.685. The van der Waals surface area contributed by atoms with Gasteiger partial charge in [0.15, 0.2) is 0 Å². The predicted molar refractivity (Wildman–Crippen MR) is 123 cm³/mol. The van der Waals surface area contributed by atoms with Crippen molar-refractivity contribution in [1.82, 2.24) is 16.0 Å². The number of rotatable bonds is 21. The molecule has 0 aromatic rings. The third kappa shape index (κ3) is 17.2. The highest BCUT2D eigenvalue weighted by molar-refractivity contribution is 5.87. The van der Waals surface area contributed by atoms with Crippen LogP contribution in [0.5, 0.6) is 0 Å². The lowest BCUT2D eigenvalue weighted by molar-refractivity contribution is -0.117. The Labute approximate surface area is 190 Å². The molecule has 0 aromatic heterocycles. The standard InChI is InChI=1S/C22H38N4O6/c1-4-19(27)24-10-7-13-30-16-22(23,17-31-14-8-11-25-20(28)5-2)18-32-15-9-12-26-21(29)6-3/h4-6H,1-3,7-18,23H2,(H,24,27)(H,25,28)(H,26,29). The molecule has 0 saturated carbocycles. The smallest absolute Gasteiger partial charge is 0.243 e. The van der Waals surface area contributed by atoms with Crippen molar-refractivity contribution in [3.63, 3.8) is 0 Å². The molecule has 182 valence electrons. The van der Waals surface area contributed by atoms with Gasteiger partial charge in [-0.2, -0.15) is 0 Å². The Kier molecular flexibility index (Phi) is 17.7. The van der Waals surface area contributed by atoms with Crippen LogP contribution < -0.4 is 21.7 Å². The molecule has 3 amide bonds. The molecule has 0 aliphatic rings. The van der Waals surface area contributed by atoms with Crippen molar-refractivity contribution in [3.05, 3.63) is 38.0 Å². The van der Waals surface area contributed by atoms with E-state index in [0.717, 1.165) is 0 Å². The average molecular weight is 455 g/mol. The minimum absolute atomic E-state index is 0.211. The molecule has 0 aliphatic carbocycles. The predicted octanol–water partition coefficient (Wildman–Crippen LogP) is -0.189. The molecule has 0 radical (unpaired) electrons. The maximum atomic E-state index is 11.1. The fourth-order valence-electron chi connectivity index (χ4n) is 2.33. The molecule has 0 bridgehead atoms. The lowest BCUT2D eigenvalue weighted by Gasteiger charge is -2.29. The molecule has 0 spiro atoms. The average Bonchev–Trinajstić information content (AvgIpc) is 2.80. The zero-order valence-corrected chi connectivity index (χ0v) is 18.9. The lowest BCUT2D eigenvalue weighted by atomic mass is 10.1. The van der Waals surface area contributed by atoms with Crippen LogP contribution in [0.2, 0.25) is 0 Å². The van der Waals surface area contributed by atoms with Gasteiger partial charge in [0.25, 0.3) is 0 Å². The molecule has 10 nitrogen and oxygen atoms in total. The largest absolute Gasteiger partial charge is 0.379 e. The summed E-state index contributed by atoms with van der Waals surface area (Å²) in [4.78, 5) is 33.4. The summed E-state index contributed by atoms with van der Waals surface area (Å²) in [5.41, 5.74) is 5.57. The second kappa shape index (κ2) is 19.2. The van der Waals surface area contributed by atoms with Crippen molar-refractivity contribution < 1.29 is 28.6 Å². The van der Waals surface area contributed by atoms with E-state index in [-0.39, 0.29) is 37.5 Å². The Bertz CT molecular complexity index is 518.